The average Bonchev–Trinajstić information content (AvgIpc) is 2.40. The summed E-state index contributed by atoms with van der Waals surface area (Å²) in [4.78, 5) is 12.0. The van der Waals surface area contributed by atoms with Crippen LogP contribution in [0.1, 0.15) is 21.5 Å². The van der Waals surface area contributed by atoms with E-state index in [0.29, 0.717) is 11.1 Å². The predicted molar refractivity (Wildman–Crippen MR) is 98.2 cm³/mol. The van der Waals surface area contributed by atoms with E-state index in [2.05, 4.69) is 62.2 Å². The van der Waals surface area contributed by atoms with Crippen LogP contribution in [-0.2, 0) is 4.74 Å². The van der Waals surface area contributed by atoms with Crippen LogP contribution in [0.15, 0.2) is 18.2 Å². The van der Waals surface area contributed by atoms with E-state index >= 15 is 0 Å². The highest BCUT2D eigenvalue weighted by Crippen LogP contribution is 2.15. The summed E-state index contributed by atoms with van der Waals surface area (Å²) in [7, 11) is -1.65. The third-order valence-electron chi connectivity index (χ3n) is 2.60. The predicted octanol–water partition coefficient (Wildman–Crippen LogP) is 3.93. The van der Waals surface area contributed by atoms with Gasteiger partial charge < -0.3 is 4.74 Å². The molecule has 0 N–H and O–H groups in total. The molecule has 116 valence electrons. The average molecular weight is 329 g/mol. The zero-order valence-corrected chi connectivity index (χ0v) is 16.5. The molecule has 0 bridgehead atoms. The van der Waals surface area contributed by atoms with Crippen molar-refractivity contribution in [3.63, 3.8) is 0 Å². The van der Waals surface area contributed by atoms with E-state index in [4.69, 9.17) is 4.74 Å². The summed E-state index contributed by atoms with van der Waals surface area (Å²) in [5.74, 6) is 6.06. The zero-order chi connectivity index (χ0) is 17.0. The number of hydrogen-bond donors (Lipinski definition) is 0. The number of methoxy groups -OCH3 is 1. The highest BCUT2D eigenvalue weighted by atomic mass is 28.3. The molecule has 1 aromatic rings. The summed E-state index contributed by atoms with van der Waals surface area (Å²) in [5.41, 5.74) is 8.67. The lowest BCUT2D eigenvalue weighted by atomic mass is 10.0. The van der Waals surface area contributed by atoms with Crippen LogP contribution in [0.25, 0.3) is 0 Å². The minimum absolute atomic E-state index is 0.364. The van der Waals surface area contributed by atoms with Gasteiger partial charge in [-0.2, -0.15) is 0 Å². The largest absolute Gasteiger partial charge is 0.465 e. The zero-order valence-electron chi connectivity index (χ0n) is 14.5. The fourth-order valence-corrected chi connectivity index (χ4v) is 2.59. The summed E-state index contributed by atoms with van der Waals surface area (Å²) >= 11 is 0. The smallest absolute Gasteiger partial charge is 0.339 e. The first-order valence-electron chi connectivity index (χ1n) is 7.31. The van der Waals surface area contributed by atoms with Crippen LogP contribution in [0, 0.1) is 22.9 Å². The highest BCUT2D eigenvalue weighted by molar-refractivity contribution is 6.84. The molecule has 0 aromatic heterocycles. The fraction of sp³-hybridized carbons (Fsp3) is 0.389. The maximum atomic E-state index is 12.0. The van der Waals surface area contributed by atoms with Gasteiger partial charge in [-0.1, -0.05) is 57.2 Å². The maximum absolute atomic E-state index is 12.0. The van der Waals surface area contributed by atoms with Crippen molar-refractivity contribution in [2.75, 3.05) is 7.11 Å². The molecule has 4 heteroatoms. The minimum atomic E-state index is -1.54. The molecule has 0 radical (unpaired) electrons. The van der Waals surface area contributed by atoms with Gasteiger partial charge in [-0.05, 0) is 12.1 Å². The summed E-state index contributed by atoms with van der Waals surface area (Å²) in [6, 6.07) is 5.51. The number of benzene rings is 1. The molecule has 0 aliphatic carbocycles. The third-order valence-corrected chi connectivity index (χ3v) is 4.35. The quantitative estimate of drug-likeness (QED) is 0.443. The van der Waals surface area contributed by atoms with Gasteiger partial charge in [0, 0.05) is 5.56 Å². The van der Waals surface area contributed by atoms with Crippen LogP contribution in [0.4, 0.5) is 0 Å². The molecule has 0 saturated heterocycles. The number of ether oxygens (including phenoxy) is 1. The molecule has 0 amide bonds. The second-order valence-corrected chi connectivity index (χ2v) is 16.7. The van der Waals surface area contributed by atoms with Crippen molar-refractivity contribution in [3.8, 4) is 22.9 Å². The van der Waals surface area contributed by atoms with Crippen LogP contribution in [-0.4, -0.2) is 29.2 Å². The van der Waals surface area contributed by atoms with Crippen molar-refractivity contribution in [3.05, 3.63) is 34.9 Å². The van der Waals surface area contributed by atoms with Gasteiger partial charge in [0.05, 0.1) is 18.2 Å². The Morgan fingerprint density at radius 3 is 2.00 bits per heavy atom. The van der Waals surface area contributed by atoms with Crippen molar-refractivity contribution >= 4 is 22.1 Å². The van der Waals surface area contributed by atoms with Gasteiger partial charge in [-0.3, -0.25) is 0 Å². The Bertz CT molecular complexity index is 684. The Kier molecular flexibility index (Phi) is 5.82. The summed E-state index contributed by atoms with van der Waals surface area (Å²) < 4.78 is 4.87. The van der Waals surface area contributed by atoms with E-state index in [1.807, 2.05) is 12.1 Å². The topological polar surface area (TPSA) is 26.3 Å². The number of hydrogen-bond acceptors (Lipinski definition) is 2. The van der Waals surface area contributed by atoms with Crippen LogP contribution in [0.5, 0.6) is 0 Å². The highest BCUT2D eigenvalue weighted by Gasteiger charge is 2.15. The van der Waals surface area contributed by atoms with E-state index in [1.54, 1.807) is 6.07 Å². The van der Waals surface area contributed by atoms with Crippen LogP contribution < -0.4 is 0 Å². The SMILES string of the molecule is COC(=O)c1cccc(C#C[Si](C)(C)C)c1C#C[Si](C)(C)C. The molecular formula is C18H24O2Si2. The first-order chi connectivity index (χ1) is 10.0. The lowest BCUT2D eigenvalue weighted by Crippen LogP contribution is -2.17. The first kappa shape index (κ1) is 18.3. The molecule has 0 unspecified atom stereocenters. The van der Waals surface area contributed by atoms with Crippen LogP contribution >= 0.6 is 0 Å². The van der Waals surface area contributed by atoms with Gasteiger partial charge >= 0.3 is 5.97 Å². The van der Waals surface area contributed by atoms with Crippen LogP contribution in [0.2, 0.25) is 39.3 Å². The summed E-state index contributed by atoms with van der Waals surface area (Å²) in [6.07, 6.45) is 0. The molecule has 1 aromatic carbocycles. The van der Waals surface area contributed by atoms with Gasteiger partial charge in [-0.15, -0.1) is 11.1 Å². The molecule has 0 saturated carbocycles. The van der Waals surface area contributed by atoms with Gasteiger partial charge in [0.1, 0.15) is 16.1 Å². The lowest BCUT2D eigenvalue weighted by Gasteiger charge is -2.08. The number of carbonyl (C=O) groups is 1. The minimum Gasteiger partial charge on any atom is -0.465 e. The molecule has 0 aliphatic rings. The van der Waals surface area contributed by atoms with Gasteiger partial charge in [0.25, 0.3) is 0 Å². The lowest BCUT2D eigenvalue weighted by molar-refractivity contribution is 0.0600. The Balaban J connectivity index is 3.52. The van der Waals surface area contributed by atoms with Crippen LogP contribution in [0.3, 0.4) is 0 Å². The van der Waals surface area contributed by atoms with E-state index in [0.717, 1.165) is 5.56 Å². The third kappa shape index (κ3) is 5.93. The van der Waals surface area contributed by atoms with Crippen molar-refractivity contribution in [1.29, 1.82) is 0 Å². The number of carbonyl (C=O) groups excluding carboxylic acids is 1. The van der Waals surface area contributed by atoms with Gasteiger partial charge in [-0.25, -0.2) is 4.79 Å². The standard InChI is InChI=1S/C18H24O2Si2/c1-20-18(19)17-10-8-9-15(11-13-21(2,3)4)16(17)12-14-22(5,6)7/h8-10H,1-7H3. The molecule has 22 heavy (non-hydrogen) atoms. The summed E-state index contributed by atoms with van der Waals surface area (Å²) in [6.45, 7) is 13.1. The maximum Gasteiger partial charge on any atom is 0.339 e. The summed E-state index contributed by atoms with van der Waals surface area (Å²) in [5, 5.41) is 0. The van der Waals surface area contributed by atoms with E-state index in [1.165, 1.54) is 7.11 Å². The van der Waals surface area contributed by atoms with E-state index in [9.17, 15) is 4.79 Å². The molecular weight excluding hydrogens is 304 g/mol. The molecule has 0 spiro atoms. The monoisotopic (exact) mass is 328 g/mol. The Morgan fingerprint density at radius 2 is 1.50 bits per heavy atom. The van der Waals surface area contributed by atoms with Gasteiger partial charge in [0.15, 0.2) is 0 Å². The Labute approximate surface area is 136 Å². The van der Waals surface area contributed by atoms with Crippen molar-refractivity contribution in [1.82, 2.24) is 0 Å². The second-order valence-electron chi connectivity index (χ2n) is 7.22. The Morgan fingerprint density at radius 1 is 0.955 bits per heavy atom. The van der Waals surface area contributed by atoms with E-state index < -0.39 is 16.1 Å². The molecule has 1 rings (SSSR count). The number of rotatable bonds is 1. The fourth-order valence-electron chi connectivity index (χ4n) is 1.58. The number of esters is 1. The van der Waals surface area contributed by atoms with Crippen molar-refractivity contribution < 1.29 is 9.53 Å². The normalized spacial score (nSPS) is 10.9. The van der Waals surface area contributed by atoms with Crippen molar-refractivity contribution in [2.45, 2.75) is 39.3 Å². The molecule has 0 fully saturated rings. The van der Waals surface area contributed by atoms with Gasteiger partial charge in [0.2, 0.25) is 0 Å². The van der Waals surface area contributed by atoms with Crippen molar-refractivity contribution in [2.24, 2.45) is 0 Å². The molecule has 2 nitrogen and oxygen atoms in total. The van der Waals surface area contributed by atoms with E-state index in [-0.39, 0.29) is 5.97 Å². The first-order valence-corrected chi connectivity index (χ1v) is 14.3. The Hall–Kier alpha value is -1.76. The molecule has 0 aliphatic heterocycles. The second kappa shape index (κ2) is 7.00. The molecule has 0 heterocycles. The molecule has 0 atom stereocenters.